The zero-order valence-corrected chi connectivity index (χ0v) is 8.75. The number of carbonyl (C=O) groups is 1. The summed E-state index contributed by atoms with van der Waals surface area (Å²) in [5.74, 6) is -1.21. The third-order valence-corrected chi connectivity index (χ3v) is 2.33. The van der Waals surface area contributed by atoms with Crippen molar-refractivity contribution in [3.63, 3.8) is 0 Å². The van der Waals surface area contributed by atoms with Crippen molar-refractivity contribution in [3.05, 3.63) is 35.1 Å². The van der Waals surface area contributed by atoms with Crippen LogP contribution in [0.3, 0.4) is 0 Å². The predicted octanol–water partition coefficient (Wildman–Crippen LogP) is 1.87. The number of rotatable bonds is 4. The summed E-state index contributed by atoms with van der Waals surface area (Å²) >= 11 is 0. The van der Waals surface area contributed by atoms with Crippen LogP contribution in [0.15, 0.2) is 18.2 Å². The van der Waals surface area contributed by atoms with Crippen LogP contribution in [0.2, 0.25) is 0 Å². The van der Waals surface area contributed by atoms with E-state index in [1.807, 2.05) is 0 Å². The summed E-state index contributed by atoms with van der Waals surface area (Å²) in [5.41, 5.74) is 1.21. The molecule has 15 heavy (non-hydrogen) atoms. The third-order valence-electron chi connectivity index (χ3n) is 2.33. The second-order valence-corrected chi connectivity index (χ2v) is 3.45. The van der Waals surface area contributed by atoms with Gasteiger partial charge in [-0.15, -0.1) is 0 Å². The summed E-state index contributed by atoms with van der Waals surface area (Å²) in [5, 5.41) is 11.5. The fourth-order valence-electron chi connectivity index (χ4n) is 1.39. The van der Waals surface area contributed by atoms with E-state index in [0.29, 0.717) is 11.1 Å². The molecular formula is C11H14FNO2. The fourth-order valence-corrected chi connectivity index (χ4v) is 1.39. The van der Waals surface area contributed by atoms with Gasteiger partial charge in [-0.25, -0.2) is 4.39 Å². The standard InChI is InChI=1S/C11H14FNO2/c1-7-3-4-8(5-9(7)12)10(13-2)6-11(14)15/h3-5,10,13H,6H2,1-2H3,(H,14,15). The highest BCUT2D eigenvalue weighted by Crippen LogP contribution is 2.19. The van der Waals surface area contributed by atoms with Crippen molar-refractivity contribution in [3.8, 4) is 0 Å². The van der Waals surface area contributed by atoms with Gasteiger partial charge < -0.3 is 10.4 Å². The highest BCUT2D eigenvalue weighted by Gasteiger charge is 2.14. The van der Waals surface area contributed by atoms with Gasteiger partial charge >= 0.3 is 5.97 Å². The topological polar surface area (TPSA) is 49.3 Å². The maximum absolute atomic E-state index is 13.2. The predicted molar refractivity (Wildman–Crippen MR) is 55.2 cm³/mol. The quantitative estimate of drug-likeness (QED) is 0.799. The molecule has 0 heterocycles. The minimum atomic E-state index is -0.907. The molecule has 0 radical (unpaired) electrons. The number of nitrogens with one attached hydrogen (secondary N) is 1. The number of hydrogen-bond donors (Lipinski definition) is 2. The lowest BCUT2D eigenvalue weighted by molar-refractivity contribution is -0.137. The normalized spacial score (nSPS) is 12.5. The van der Waals surface area contributed by atoms with Crippen molar-refractivity contribution < 1.29 is 14.3 Å². The zero-order chi connectivity index (χ0) is 11.4. The number of carboxylic acid groups (broad SMARTS) is 1. The van der Waals surface area contributed by atoms with Crippen molar-refractivity contribution in [2.45, 2.75) is 19.4 Å². The van der Waals surface area contributed by atoms with E-state index in [0.717, 1.165) is 0 Å². The van der Waals surface area contributed by atoms with E-state index in [1.165, 1.54) is 6.07 Å². The summed E-state index contributed by atoms with van der Waals surface area (Å²) in [7, 11) is 1.66. The molecule has 3 nitrogen and oxygen atoms in total. The molecule has 0 spiro atoms. The van der Waals surface area contributed by atoms with Gasteiger partial charge in [-0.3, -0.25) is 4.79 Å². The van der Waals surface area contributed by atoms with Gasteiger partial charge in [0, 0.05) is 6.04 Å². The van der Waals surface area contributed by atoms with E-state index in [9.17, 15) is 9.18 Å². The molecule has 1 atom stereocenters. The highest BCUT2D eigenvalue weighted by molar-refractivity contribution is 5.67. The van der Waals surface area contributed by atoms with E-state index in [1.54, 1.807) is 26.1 Å². The van der Waals surface area contributed by atoms with E-state index in [4.69, 9.17) is 5.11 Å². The first-order chi connectivity index (χ1) is 7.04. The summed E-state index contributed by atoms with van der Waals surface area (Å²) in [6.45, 7) is 1.67. The molecule has 0 bridgehead atoms. The Morgan fingerprint density at radius 1 is 1.60 bits per heavy atom. The SMILES string of the molecule is CNC(CC(=O)O)c1ccc(C)c(F)c1. The van der Waals surface area contributed by atoms with Crippen LogP contribution in [0.4, 0.5) is 4.39 Å². The number of aliphatic carboxylic acids is 1. The van der Waals surface area contributed by atoms with Crippen molar-refractivity contribution in [2.75, 3.05) is 7.05 Å². The van der Waals surface area contributed by atoms with Crippen LogP contribution in [-0.4, -0.2) is 18.1 Å². The Balaban J connectivity index is 2.92. The first-order valence-electron chi connectivity index (χ1n) is 4.69. The largest absolute Gasteiger partial charge is 0.481 e. The Kier molecular flexibility index (Phi) is 3.80. The van der Waals surface area contributed by atoms with Crippen LogP contribution in [0.1, 0.15) is 23.6 Å². The summed E-state index contributed by atoms with van der Waals surface area (Å²) in [4.78, 5) is 10.6. The molecule has 1 rings (SSSR count). The zero-order valence-electron chi connectivity index (χ0n) is 8.75. The number of benzene rings is 1. The lowest BCUT2D eigenvalue weighted by atomic mass is 10.0. The maximum atomic E-state index is 13.2. The molecule has 1 aromatic carbocycles. The molecule has 0 saturated heterocycles. The van der Waals surface area contributed by atoms with Crippen LogP contribution < -0.4 is 5.32 Å². The summed E-state index contributed by atoms with van der Waals surface area (Å²) in [6, 6.07) is 4.41. The minimum Gasteiger partial charge on any atom is -0.481 e. The molecule has 0 fully saturated rings. The van der Waals surface area contributed by atoms with Crippen LogP contribution in [0.5, 0.6) is 0 Å². The molecule has 1 unspecified atom stereocenters. The lowest BCUT2D eigenvalue weighted by Gasteiger charge is -2.14. The lowest BCUT2D eigenvalue weighted by Crippen LogP contribution is -2.20. The maximum Gasteiger partial charge on any atom is 0.305 e. The van der Waals surface area contributed by atoms with E-state index in [-0.39, 0.29) is 18.3 Å². The molecule has 2 N–H and O–H groups in total. The second-order valence-electron chi connectivity index (χ2n) is 3.45. The molecule has 4 heteroatoms. The van der Waals surface area contributed by atoms with E-state index >= 15 is 0 Å². The van der Waals surface area contributed by atoms with Gasteiger partial charge in [0.15, 0.2) is 0 Å². The monoisotopic (exact) mass is 211 g/mol. The molecule has 0 aliphatic carbocycles. The van der Waals surface area contributed by atoms with E-state index < -0.39 is 5.97 Å². The minimum absolute atomic E-state index is 0.0565. The average molecular weight is 211 g/mol. The van der Waals surface area contributed by atoms with Gasteiger partial charge in [-0.05, 0) is 31.2 Å². The first-order valence-corrected chi connectivity index (χ1v) is 4.69. The smallest absolute Gasteiger partial charge is 0.305 e. The van der Waals surface area contributed by atoms with E-state index in [2.05, 4.69) is 5.32 Å². The van der Waals surface area contributed by atoms with Gasteiger partial charge in [-0.2, -0.15) is 0 Å². The van der Waals surface area contributed by atoms with Crippen molar-refractivity contribution in [2.24, 2.45) is 0 Å². The Morgan fingerprint density at radius 3 is 2.73 bits per heavy atom. The van der Waals surface area contributed by atoms with Gasteiger partial charge in [0.05, 0.1) is 6.42 Å². The van der Waals surface area contributed by atoms with Crippen LogP contribution in [-0.2, 0) is 4.79 Å². The van der Waals surface area contributed by atoms with Crippen molar-refractivity contribution in [1.82, 2.24) is 5.32 Å². The van der Waals surface area contributed by atoms with Crippen molar-refractivity contribution in [1.29, 1.82) is 0 Å². The molecular weight excluding hydrogens is 197 g/mol. The van der Waals surface area contributed by atoms with Crippen LogP contribution in [0.25, 0.3) is 0 Å². The molecule has 0 aromatic heterocycles. The molecule has 1 aromatic rings. The van der Waals surface area contributed by atoms with Gasteiger partial charge in [-0.1, -0.05) is 12.1 Å². The average Bonchev–Trinajstić information content (AvgIpc) is 2.18. The Hall–Kier alpha value is -1.42. The van der Waals surface area contributed by atoms with Crippen LogP contribution in [0, 0.1) is 12.7 Å². The summed E-state index contributed by atoms with van der Waals surface area (Å²) in [6.07, 6.45) is -0.0565. The number of carboxylic acids is 1. The number of halogens is 1. The van der Waals surface area contributed by atoms with Gasteiger partial charge in [0.25, 0.3) is 0 Å². The molecule has 0 saturated carbocycles. The number of hydrogen-bond acceptors (Lipinski definition) is 2. The molecule has 0 aliphatic rings. The summed E-state index contributed by atoms with van der Waals surface area (Å²) < 4.78 is 13.2. The molecule has 82 valence electrons. The highest BCUT2D eigenvalue weighted by atomic mass is 19.1. The fraction of sp³-hybridized carbons (Fsp3) is 0.364. The molecule has 0 amide bonds. The van der Waals surface area contributed by atoms with Gasteiger partial charge in [0.1, 0.15) is 5.82 Å². The Bertz CT molecular complexity index is 366. The first kappa shape index (κ1) is 11.7. The Morgan fingerprint density at radius 2 is 2.27 bits per heavy atom. The number of aryl methyl sites for hydroxylation is 1. The molecule has 0 aliphatic heterocycles. The second kappa shape index (κ2) is 4.89. The van der Waals surface area contributed by atoms with Crippen molar-refractivity contribution >= 4 is 5.97 Å². The van der Waals surface area contributed by atoms with Gasteiger partial charge in [0.2, 0.25) is 0 Å². The van der Waals surface area contributed by atoms with Crippen LogP contribution >= 0.6 is 0 Å². The Labute approximate surface area is 87.9 Å². The third kappa shape index (κ3) is 3.02.